The molecule has 2 amide bonds. The molecule has 2 atom stereocenters. The summed E-state index contributed by atoms with van der Waals surface area (Å²) >= 11 is 1.18. The monoisotopic (exact) mass is 412 g/mol. The number of aromatic nitrogens is 2. The second kappa shape index (κ2) is 9.38. The highest BCUT2D eigenvalue weighted by Gasteiger charge is 2.27. The molecule has 0 aliphatic carbocycles. The van der Waals surface area contributed by atoms with Crippen molar-refractivity contribution in [2.75, 3.05) is 5.32 Å². The van der Waals surface area contributed by atoms with Crippen molar-refractivity contribution >= 4 is 28.3 Å². The molecule has 0 radical (unpaired) electrons. The van der Waals surface area contributed by atoms with E-state index in [4.69, 9.17) is 0 Å². The normalized spacial score (nSPS) is 12.8. The van der Waals surface area contributed by atoms with Crippen LogP contribution in [0.2, 0.25) is 0 Å². The van der Waals surface area contributed by atoms with Crippen LogP contribution in [-0.4, -0.2) is 28.1 Å². The summed E-state index contributed by atoms with van der Waals surface area (Å²) in [5, 5.41) is 14.5. The van der Waals surface area contributed by atoms with Gasteiger partial charge in [-0.05, 0) is 42.3 Å². The Morgan fingerprint density at radius 2 is 1.76 bits per heavy atom. The van der Waals surface area contributed by atoms with E-state index in [1.54, 1.807) is 36.4 Å². The van der Waals surface area contributed by atoms with Crippen molar-refractivity contribution in [1.82, 2.24) is 15.5 Å². The van der Waals surface area contributed by atoms with Crippen LogP contribution in [0.5, 0.6) is 0 Å². The SMILES string of the molecule is CC[C@@H](C)[C@H](NC(=O)c1ccccc1)C(=O)Nc1nnc(-c2ccc(F)cc2)s1. The number of nitrogens with zero attached hydrogens (tertiary/aromatic N) is 2. The van der Waals surface area contributed by atoms with E-state index in [2.05, 4.69) is 20.8 Å². The van der Waals surface area contributed by atoms with Crippen molar-refractivity contribution in [2.24, 2.45) is 5.92 Å². The molecular formula is C21H21FN4O2S. The predicted molar refractivity (Wildman–Crippen MR) is 111 cm³/mol. The molecule has 6 nitrogen and oxygen atoms in total. The average molecular weight is 412 g/mol. The van der Waals surface area contributed by atoms with Gasteiger partial charge >= 0.3 is 0 Å². The maximum absolute atomic E-state index is 13.1. The zero-order valence-corrected chi connectivity index (χ0v) is 16.9. The Kier molecular flexibility index (Phi) is 6.66. The first-order chi connectivity index (χ1) is 14.0. The van der Waals surface area contributed by atoms with E-state index < -0.39 is 6.04 Å². The highest BCUT2D eigenvalue weighted by Crippen LogP contribution is 2.26. The van der Waals surface area contributed by atoms with Crippen molar-refractivity contribution in [3.8, 4) is 10.6 Å². The topological polar surface area (TPSA) is 84.0 Å². The average Bonchev–Trinajstić information content (AvgIpc) is 3.20. The third kappa shape index (κ3) is 5.23. The number of carbonyl (C=O) groups excluding carboxylic acids is 2. The van der Waals surface area contributed by atoms with Crippen molar-refractivity contribution in [3.63, 3.8) is 0 Å². The fourth-order valence-corrected chi connectivity index (χ4v) is 3.43. The van der Waals surface area contributed by atoms with Gasteiger partial charge in [-0.3, -0.25) is 14.9 Å². The standard InChI is InChI=1S/C21H21FN4O2S/c1-3-13(2)17(23-18(27)14-7-5-4-6-8-14)19(28)24-21-26-25-20(29-21)15-9-11-16(22)12-10-15/h4-13,17H,3H2,1-2H3,(H,23,27)(H,24,26,28)/t13-,17+/m1/s1. The predicted octanol–water partition coefficient (Wildman–Crippen LogP) is 4.13. The lowest BCUT2D eigenvalue weighted by Crippen LogP contribution is -2.47. The number of amides is 2. The van der Waals surface area contributed by atoms with Gasteiger partial charge in [0.2, 0.25) is 11.0 Å². The van der Waals surface area contributed by atoms with E-state index in [-0.39, 0.29) is 23.5 Å². The quantitative estimate of drug-likeness (QED) is 0.611. The molecule has 2 aromatic carbocycles. The molecule has 0 aliphatic heterocycles. The fraction of sp³-hybridized carbons (Fsp3) is 0.238. The third-order valence-corrected chi connectivity index (χ3v) is 5.45. The smallest absolute Gasteiger partial charge is 0.251 e. The van der Waals surface area contributed by atoms with Crippen LogP contribution in [0.3, 0.4) is 0 Å². The van der Waals surface area contributed by atoms with E-state index in [1.165, 1.54) is 23.5 Å². The molecule has 8 heteroatoms. The number of hydrogen-bond donors (Lipinski definition) is 2. The fourth-order valence-electron chi connectivity index (χ4n) is 2.68. The van der Waals surface area contributed by atoms with Gasteiger partial charge in [0.25, 0.3) is 5.91 Å². The maximum Gasteiger partial charge on any atom is 0.251 e. The lowest BCUT2D eigenvalue weighted by atomic mass is 9.98. The van der Waals surface area contributed by atoms with E-state index in [1.807, 2.05) is 19.9 Å². The van der Waals surface area contributed by atoms with Crippen molar-refractivity contribution < 1.29 is 14.0 Å². The summed E-state index contributed by atoms with van der Waals surface area (Å²) in [4.78, 5) is 25.3. The Morgan fingerprint density at radius 3 is 2.41 bits per heavy atom. The Morgan fingerprint density at radius 1 is 1.07 bits per heavy atom. The zero-order valence-electron chi connectivity index (χ0n) is 16.1. The molecule has 3 rings (SSSR count). The molecule has 150 valence electrons. The number of hydrogen-bond acceptors (Lipinski definition) is 5. The van der Waals surface area contributed by atoms with Gasteiger partial charge in [-0.25, -0.2) is 4.39 Å². The van der Waals surface area contributed by atoms with Gasteiger partial charge < -0.3 is 5.32 Å². The molecular weight excluding hydrogens is 391 g/mol. The lowest BCUT2D eigenvalue weighted by Gasteiger charge is -2.23. The number of halogens is 1. The minimum absolute atomic E-state index is 0.0767. The minimum atomic E-state index is -0.717. The first kappa shape index (κ1) is 20.6. The molecule has 2 N–H and O–H groups in total. The molecule has 29 heavy (non-hydrogen) atoms. The molecule has 1 aromatic heterocycles. The molecule has 0 fully saturated rings. The van der Waals surface area contributed by atoms with Crippen LogP contribution in [0.25, 0.3) is 10.6 Å². The van der Waals surface area contributed by atoms with Crippen molar-refractivity contribution in [3.05, 3.63) is 66.0 Å². The summed E-state index contributed by atoms with van der Waals surface area (Å²) < 4.78 is 13.1. The zero-order chi connectivity index (χ0) is 20.8. The molecule has 3 aromatic rings. The van der Waals surface area contributed by atoms with E-state index in [9.17, 15) is 14.0 Å². The summed E-state index contributed by atoms with van der Waals surface area (Å²) in [6.07, 6.45) is 0.712. The van der Waals surface area contributed by atoms with Crippen LogP contribution < -0.4 is 10.6 Å². The number of rotatable bonds is 7. The summed E-state index contributed by atoms with van der Waals surface area (Å²) in [5.41, 5.74) is 1.20. The number of carbonyl (C=O) groups is 2. The van der Waals surface area contributed by atoms with Crippen molar-refractivity contribution in [1.29, 1.82) is 0 Å². The Labute approximate surface area is 172 Å². The highest BCUT2D eigenvalue weighted by molar-refractivity contribution is 7.18. The van der Waals surface area contributed by atoms with Crippen LogP contribution in [0.4, 0.5) is 9.52 Å². The van der Waals surface area contributed by atoms with Gasteiger partial charge in [0.15, 0.2) is 0 Å². The molecule has 0 spiro atoms. The second-order valence-corrected chi connectivity index (χ2v) is 7.59. The van der Waals surface area contributed by atoms with E-state index in [0.29, 0.717) is 27.7 Å². The Hall–Kier alpha value is -3.13. The molecule has 0 saturated heterocycles. The maximum atomic E-state index is 13.1. The summed E-state index contributed by atoms with van der Waals surface area (Å²) in [7, 11) is 0. The molecule has 0 unspecified atom stereocenters. The first-order valence-electron chi connectivity index (χ1n) is 9.24. The molecule has 1 heterocycles. The third-order valence-electron chi connectivity index (χ3n) is 4.56. The van der Waals surface area contributed by atoms with Gasteiger partial charge in [0, 0.05) is 11.1 Å². The number of benzene rings is 2. The van der Waals surface area contributed by atoms with Gasteiger partial charge in [0.1, 0.15) is 16.9 Å². The van der Waals surface area contributed by atoms with E-state index >= 15 is 0 Å². The Bertz CT molecular complexity index is 976. The summed E-state index contributed by atoms with van der Waals surface area (Å²) in [6.45, 7) is 3.86. The van der Waals surface area contributed by atoms with Gasteiger partial charge in [-0.2, -0.15) is 0 Å². The van der Waals surface area contributed by atoms with E-state index in [0.717, 1.165) is 0 Å². The van der Waals surface area contributed by atoms with Crippen LogP contribution >= 0.6 is 11.3 Å². The summed E-state index contributed by atoms with van der Waals surface area (Å²) in [5.74, 6) is -1.08. The number of nitrogens with one attached hydrogen (secondary N) is 2. The van der Waals surface area contributed by atoms with Crippen LogP contribution in [0, 0.1) is 11.7 Å². The van der Waals surface area contributed by atoms with Crippen LogP contribution in [0.15, 0.2) is 54.6 Å². The van der Waals surface area contributed by atoms with Crippen LogP contribution in [-0.2, 0) is 4.79 Å². The van der Waals surface area contributed by atoms with Crippen LogP contribution in [0.1, 0.15) is 30.6 Å². The molecule has 0 bridgehead atoms. The molecule has 0 aliphatic rings. The summed E-state index contributed by atoms with van der Waals surface area (Å²) in [6, 6.07) is 13.9. The largest absolute Gasteiger partial charge is 0.340 e. The van der Waals surface area contributed by atoms with Gasteiger partial charge in [-0.15, -0.1) is 10.2 Å². The number of anilines is 1. The van der Waals surface area contributed by atoms with Gasteiger partial charge in [-0.1, -0.05) is 49.8 Å². The van der Waals surface area contributed by atoms with Crippen molar-refractivity contribution in [2.45, 2.75) is 26.3 Å². The lowest BCUT2D eigenvalue weighted by molar-refractivity contribution is -0.119. The highest BCUT2D eigenvalue weighted by atomic mass is 32.1. The Balaban J connectivity index is 1.72. The van der Waals surface area contributed by atoms with Gasteiger partial charge in [0.05, 0.1) is 0 Å². The minimum Gasteiger partial charge on any atom is -0.340 e. The first-order valence-corrected chi connectivity index (χ1v) is 10.1. The second-order valence-electron chi connectivity index (χ2n) is 6.61. The molecule has 0 saturated carbocycles.